The van der Waals surface area contributed by atoms with Crippen LogP contribution < -0.4 is 16.2 Å². The van der Waals surface area contributed by atoms with Crippen molar-refractivity contribution >= 4 is 22.9 Å². The monoisotopic (exact) mass is 356 g/mol. The van der Waals surface area contributed by atoms with Crippen molar-refractivity contribution in [1.82, 2.24) is 20.6 Å². The highest BCUT2D eigenvalue weighted by atomic mass is 16.3. The lowest BCUT2D eigenvalue weighted by Crippen LogP contribution is -2.35. The van der Waals surface area contributed by atoms with E-state index in [-0.39, 0.29) is 47.2 Å². The van der Waals surface area contributed by atoms with Crippen LogP contribution in [0.2, 0.25) is 0 Å². The highest BCUT2D eigenvalue weighted by molar-refractivity contribution is 6.06. The Labute approximate surface area is 147 Å². The fraction of sp³-hybridized carbons (Fsp3) is 0.176. The van der Waals surface area contributed by atoms with Crippen LogP contribution >= 0.6 is 0 Å². The Morgan fingerprint density at radius 1 is 1.15 bits per heavy atom. The highest BCUT2D eigenvalue weighted by Crippen LogP contribution is 2.20. The molecular formula is C17H16N4O5. The van der Waals surface area contributed by atoms with Crippen molar-refractivity contribution in [3.63, 3.8) is 0 Å². The standard InChI is InChI=1S/C17H16N4O5/c1-9-12(13-16(25)20-8-21-17(13)26-9)15(24)19-7-6-18-14(23)10-2-4-11(22)5-3-10/h2-5,8,22H,6-7H2,1H3,(H,18,23)(H,19,24)(H,20,21,25). The maximum atomic E-state index is 12.4. The zero-order valence-corrected chi connectivity index (χ0v) is 13.8. The Morgan fingerprint density at radius 2 is 1.81 bits per heavy atom. The summed E-state index contributed by atoms with van der Waals surface area (Å²) in [4.78, 5) is 42.5. The molecule has 2 heterocycles. The predicted octanol–water partition coefficient (Wildman–Crippen LogP) is 0.690. The van der Waals surface area contributed by atoms with E-state index in [2.05, 4.69) is 20.6 Å². The summed E-state index contributed by atoms with van der Waals surface area (Å²) >= 11 is 0. The zero-order valence-electron chi connectivity index (χ0n) is 13.8. The first kappa shape index (κ1) is 17.2. The quantitative estimate of drug-likeness (QED) is 0.496. The summed E-state index contributed by atoms with van der Waals surface area (Å²) in [5, 5.41) is 14.6. The normalized spacial score (nSPS) is 10.7. The number of carbonyl (C=O) groups is 2. The van der Waals surface area contributed by atoms with E-state index < -0.39 is 11.5 Å². The van der Waals surface area contributed by atoms with Gasteiger partial charge in [0.1, 0.15) is 16.9 Å². The van der Waals surface area contributed by atoms with E-state index in [0.29, 0.717) is 5.56 Å². The van der Waals surface area contributed by atoms with Crippen molar-refractivity contribution in [3.05, 3.63) is 57.8 Å². The molecule has 0 aliphatic carbocycles. The van der Waals surface area contributed by atoms with Gasteiger partial charge in [-0.2, -0.15) is 0 Å². The summed E-state index contributed by atoms with van der Waals surface area (Å²) in [6.45, 7) is 1.92. The molecule has 0 aliphatic rings. The van der Waals surface area contributed by atoms with Gasteiger partial charge in [0.2, 0.25) is 5.71 Å². The number of carbonyl (C=O) groups excluding carboxylic acids is 2. The van der Waals surface area contributed by atoms with Gasteiger partial charge in [-0.25, -0.2) is 4.98 Å². The van der Waals surface area contributed by atoms with Gasteiger partial charge in [0.15, 0.2) is 0 Å². The molecule has 0 unspecified atom stereocenters. The van der Waals surface area contributed by atoms with Crippen LogP contribution in [-0.4, -0.2) is 40.0 Å². The van der Waals surface area contributed by atoms with Gasteiger partial charge in [0.25, 0.3) is 17.4 Å². The summed E-state index contributed by atoms with van der Waals surface area (Å²) in [6.07, 6.45) is 1.20. The fourth-order valence-corrected chi connectivity index (χ4v) is 2.48. The number of H-pyrrole nitrogens is 1. The largest absolute Gasteiger partial charge is 0.508 e. The molecule has 1 aromatic carbocycles. The number of benzene rings is 1. The van der Waals surface area contributed by atoms with Crippen LogP contribution in [0, 0.1) is 6.92 Å². The van der Waals surface area contributed by atoms with Crippen molar-refractivity contribution in [2.45, 2.75) is 6.92 Å². The number of aromatic hydroxyl groups is 1. The van der Waals surface area contributed by atoms with Crippen molar-refractivity contribution in [1.29, 1.82) is 0 Å². The topological polar surface area (TPSA) is 137 Å². The van der Waals surface area contributed by atoms with Crippen molar-refractivity contribution in [2.75, 3.05) is 13.1 Å². The average molecular weight is 356 g/mol. The lowest BCUT2D eigenvalue weighted by atomic mass is 10.2. The first-order valence-corrected chi connectivity index (χ1v) is 7.79. The van der Waals surface area contributed by atoms with Crippen LogP contribution in [0.1, 0.15) is 26.5 Å². The average Bonchev–Trinajstić information content (AvgIpc) is 2.96. The smallest absolute Gasteiger partial charge is 0.262 e. The van der Waals surface area contributed by atoms with E-state index in [0.717, 1.165) is 0 Å². The summed E-state index contributed by atoms with van der Waals surface area (Å²) in [5.41, 5.74) is 0.150. The van der Waals surface area contributed by atoms with Crippen molar-refractivity contribution in [3.8, 4) is 5.75 Å². The minimum absolute atomic E-state index is 0.0704. The molecule has 2 amide bonds. The summed E-state index contributed by atoms with van der Waals surface area (Å²) in [6, 6.07) is 5.80. The Balaban J connectivity index is 1.60. The van der Waals surface area contributed by atoms with E-state index in [1.807, 2.05) is 0 Å². The number of phenolic OH excluding ortho intramolecular Hbond substituents is 1. The Hall–Kier alpha value is -3.62. The molecule has 26 heavy (non-hydrogen) atoms. The third-order valence-corrected chi connectivity index (χ3v) is 3.72. The minimum atomic E-state index is -0.487. The molecule has 9 nitrogen and oxygen atoms in total. The summed E-state index contributed by atoms with van der Waals surface area (Å²) in [5.74, 6) is -0.459. The van der Waals surface area contributed by atoms with Crippen molar-refractivity contribution in [2.24, 2.45) is 0 Å². The van der Waals surface area contributed by atoms with Crippen molar-refractivity contribution < 1.29 is 19.1 Å². The van der Waals surface area contributed by atoms with Crippen LogP contribution in [-0.2, 0) is 0 Å². The molecule has 2 aromatic heterocycles. The van der Waals surface area contributed by atoms with E-state index >= 15 is 0 Å². The number of amides is 2. The number of aryl methyl sites for hydroxylation is 1. The summed E-state index contributed by atoms with van der Waals surface area (Å²) < 4.78 is 5.33. The van der Waals surface area contributed by atoms with Gasteiger partial charge in [-0.1, -0.05) is 0 Å². The highest BCUT2D eigenvalue weighted by Gasteiger charge is 2.21. The number of hydrogen-bond acceptors (Lipinski definition) is 6. The molecule has 0 aliphatic heterocycles. The molecule has 4 N–H and O–H groups in total. The number of hydrogen-bond donors (Lipinski definition) is 4. The zero-order chi connectivity index (χ0) is 18.7. The second-order valence-corrected chi connectivity index (χ2v) is 5.50. The number of furan rings is 1. The number of phenols is 1. The van der Waals surface area contributed by atoms with Crippen LogP contribution in [0.5, 0.6) is 5.75 Å². The predicted molar refractivity (Wildman–Crippen MR) is 92.1 cm³/mol. The molecule has 0 saturated heterocycles. The van der Waals surface area contributed by atoms with Gasteiger partial charge in [-0.3, -0.25) is 14.4 Å². The lowest BCUT2D eigenvalue weighted by molar-refractivity contribution is 0.0927. The first-order chi connectivity index (χ1) is 12.5. The molecule has 0 bridgehead atoms. The molecule has 0 fully saturated rings. The second kappa shape index (κ2) is 7.09. The molecular weight excluding hydrogens is 340 g/mol. The molecule has 0 atom stereocenters. The Bertz CT molecular complexity index is 1020. The van der Waals surface area contributed by atoms with Gasteiger partial charge < -0.3 is 25.1 Å². The van der Waals surface area contributed by atoms with Gasteiger partial charge in [-0.15, -0.1) is 0 Å². The SMILES string of the molecule is Cc1oc2nc[nH]c(=O)c2c1C(=O)NCCNC(=O)c1ccc(O)cc1. The van der Waals surface area contributed by atoms with E-state index in [1.165, 1.54) is 30.6 Å². The number of fused-ring (bicyclic) bond motifs is 1. The van der Waals surface area contributed by atoms with Gasteiger partial charge >= 0.3 is 0 Å². The van der Waals surface area contributed by atoms with E-state index in [4.69, 9.17) is 4.42 Å². The van der Waals surface area contributed by atoms with Gasteiger partial charge in [0.05, 0.1) is 11.9 Å². The molecule has 3 rings (SSSR count). The Kier molecular flexibility index (Phi) is 4.70. The molecule has 0 spiro atoms. The molecule has 9 heteroatoms. The van der Waals surface area contributed by atoms with Gasteiger partial charge in [0, 0.05) is 18.7 Å². The minimum Gasteiger partial charge on any atom is -0.508 e. The van der Waals surface area contributed by atoms with Gasteiger partial charge in [-0.05, 0) is 31.2 Å². The number of aromatic amines is 1. The first-order valence-electron chi connectivity index (χ1n) is 7.79. The number of nitrogens with one attached hydrogen (secondary N) is 3. The van der Waals surface area contributed by atoms with E-state index in [9.17, 15) is 19.5 Å². The third-order valence-electron chi connectivity index (χ3n) is 3.72. The lowest BCUT2D eigenvalue weighted by Gasteiger charge is -2.07. The maximum absolute atomic E-state index is 12.4. The summed E-state index contributed by atoms with van der Waals surface area (Å²) in [7, 11) is 0. The maximum Gasteiger partial charge on any atom is 0.262 e. The van der Waals surface area contributed by atoms with E-state index in [1.54, 1.807) is 6.92 Å². The molecule has 0 radical (unpaired) electrons. The molecule has 134 valence electrons. The Morgan fingerprint density at radius 3 is 2.50 bits per heavy atom. The number of aromatic nitrogens is 2. The fourth-order valence-electron chi connectivity index (χ4n) is 2.48. The van der Waals surface area contributed by atoms with Crippen LogP contribution in [0.4, 0.5) is 0 Å². The third kappa shape index (κ3) is 3.41. The number of rotatable bonds is 5. The molecule has 0 saturated carbocycles. The molecule has 3 aromatic rings. The van der Waals surface area contributed by atoms with Crippen LogP contribution in [0.3, 0.4) is 0 Å². The van der Waals surface area contributed by atoms with Crippen LogP contribution in [0.25, 0.3) is 11.1 Å². The second-order valence-electron chi connectivity index (χ2n) is 5.50. The number of nitrogens with zero attached hydrogens (tertiary/aromatic N) is 1. The van der Waals surface area contributed by atoms with Crippen LogP contribution in [0.15, 0.2) is 39.8 Å².